The Morgan fingerprint density at radius 2 is 0.648 bits per heavy atom. The lowest BCUT2D eigenvalue weighted by atomic mass is 10.0. The van der Waals surface area contributed by atoms with Gasteiger partial charge in [-0.2, -0.15) is 0 Å². The lowest BCUT2D eigenvalue weighted by molar-refractivity contribution is -0.870. The molecule has 0 bridgehead atoms. The molecule has 0 rings (SSSR count). The number of quaternary nitrogens is 1. The summed E-state index contributed by atoms with van der Waals surface area (Å²) in [6.07, 6.45) is 95.8. The molecule has 0 aliphatic heterocycles. The van der Waals surface area contributed by atoms with E-state index in [4.69, 9.17) is 9.05 Å². The summed E-state index contributed by atoms with van der Waals surface area (Å²) < 4.78 is 23.9. The van der Waals surface area contributed by atoms with Crippen molar-refractivity contribution in [2.75, 3.05) is 40.9 Å². The molecule has 3 atom stereocenters. The molecule has 3 N–H and O–H groups in total. The number of phosphoric acid groups is 1. The molecule has 8 nitrogen and oxygen atoms in total. The minimum Gasteiger partial charge on any atom is -0.387 e. The van der Waals surface area contributed by atoms with E-state index in [1.165, 1.54) is 334 Å². The van der Waals surface area contributed by atoms with E-state index in [2.05, 4.69) is 55.6 Å². The molecular weight excluding hydrogens is 1100 g/mol. The van der Waals surface area contributed by atoms with Crippen molar-refractivity contribution >= 4 is 13.7 Å². The van der Waals surface area contributed by atoms with Crippen molar-refractivity contribution in [2.24, 2.45) is 0 Å². The number of nitrogens with zero attached hydrogens (tertiary/aromatic N) is 1. The first-order valence-electron chi connectivity index (χ1n) is 39.0. The molecule has 9 heteroatoms. The third kappa shape index (κ3) is 71.9. The van der Waals surface area contributed by atoms with Crippen LogP contribution in [0.3, 0.4) is 0 Å². The van der Waals surface area contributed by atoms with Crippen LogP contribution in [0, 0.1) is 0 Å². The molecule has 0 saturated heterocycles. The maximum Gasteiger partial charge on any atom is 0.472 e. The number of aliphatic hydroxyl groups is 1. The van der Waals surface area contributed by atoms with Crippen molar-refractivity contribution in [3.05, 3.63) is 48.6 Å². The average molecular weight is 1260 g/mol. The number of aliphatic hydroxyl groups excluding tert-OH is 1. The summed E-state index contributed by atoms with van der Waals surface area (Å²) in [6, 6.07) is -0.847. The Balaban J connectivity index is 3.94. The molecule has 520 valence electrons. The van der Waals surface area contributed by atoms with E-state index in [0.717, 1.165) is 44.9 Å². The minimum atomic E-state index is -4.36. The molecule has 0 aliphatic rings. The smallest absolute Gasteiger partial charge is 0.387 e. The van der Waals surface area contributed by atoms with Gasteiger partial charge < -0.3 is 19.8 Å². The van der Waals surface area contributed by atoms with Gasteiger partial charge in [0.25, 0.3) is 0 Å². The van der Waals surface area contributed by atoms with Gasteiger partial charge in [0.1, 0.15) is 13.2 Å². The van der Waals surface area contributed by atoms with Crippen molar-refractivity contribution in [1.82, 2.24) is 5.32 Å². The number of hydrogen-bond acceptors (Lipinski definition) is 5. The third-order valence-electron chi connectivity index (χ3n) is 18.0. The van der Waals surface area contributed by atoms with Gasteiger partial charge in [-0.3, -0.25) is 13.8 Å². The van der Waals surface area contributed by atoms with E-state index in [-0.39, 0.29) is 19.1 Å². The normalized spacial score (nSPS) is 13.8. The van der Waals surface area contributed by atoms with Gasteiger partial charge in [0.15, 0.2) is 0 Å². The standard InChI is InChI=1S/C79H153N2O6P/c1-6-8-10-12-14-16-18-20-22-24-26-28-30-32-34-35-36-37-38-39-40-41-42-43-44-45-47-49-51-53-55-57-59-61-63-65-67-69-71-73-79(83)80-77(76-87-88(84,85)86-75-74-81(3,4)5)78(82)72-70-68-66-64-62-60-58-56-54-52-50-48-46-33-31-29-27-25-23-21-19-17-15-13-11-9-7-2/h18,20,24,26,30,32,70,72,77-78,82H,6-17,19,21-23,25,27-29,31,33-69,71,73-76H2,1-5H3,(H-,80,83,84,85)/p+1/b20-18-,26-24-,32-30-,72-70+. The van der Waals surface area contributed by atoms with Crippen molar-refractivity contribution in [1.29, 1.82) is 0 Å². The van der Waals surface area contributed by atoms with E-state index < -0.39 is 20.0 Å². The highest BCUT2D eigenvalue weighted by atomic mass is 31.2. The van der Waals surface area contributed by atoms with E-state index in [9.17, 15) is 19.4 Å². The van der Waals surface area contributed by atoms with Crippen LogP contribution in [0.5, 0.6) is 0 Å². The number of amides is 1. The van der Waals surface area contributed by atoms with Gasteiger partial charge in [-0.05, 0) is 57.8 Å². The minimum absolute atomic E-state index is 0.0636. The van der Waals surface area contributed by atoms with Crippen molar-refractivity contribution in [3.63, 3.8) is 0 Å². The summed E-state index contributed by atoms with van der Waals surface area (Å²) >= 11 is 0. The Hall–Kier alpha value is -1.54. The van der Waals surface area contributed by atoms with Gasteiger partial charge in [0.2, 0.25) is 5.91 Å². The fourth-order valence-corrected chi connectivity index (χ4v) is 12.7. The fourth-order valence-electron chi connectivity index (χ4n) is 12.0. The van der Waals surface area contributed by atoms with Gasteiger partial charge in [0.05, 0.1) is 39.9 Å². The van der Waals surface area contributed by atoms with E-state index in [0.29, 0.717) is 17.4 Å². The zero-order chi connectivity index (χ0) is 64.1. The average Bonchev–Trinajstić information content (AvgIpc) is 3.70. The number of likely N-dealkylation sites (N-methyl/N-ethyl adjacent to an activating group) is 1. The molecule has 0 spiro atoms. The Morgan fingerprint density at radius 1 is 0.386 bits per heavy atom. The SMILES string of the molecule is CCCCCCC/C=C\C/C=C\C/C=C\CCCCCCCCCCCCCCCCCCCCCCCCCCC(=O)NC(COP(=O)(O)OCC[N+](C)(C)C)C(O)/C=C/CCCCCCCCCCCCCCCCCCCCCCCCCCC. The number of carbonyl (C=O) groups excluding carboxylic acids is 1. The fraction of sp³-hybridized carbons (Fsp3) is 0.886. The molecule has 0 aromatic rings. The number of phosphoric ester groups is 1. The molecule has 88 heavy (non-hydrogen) atoms. The van der Waals surface area contributed by atoms with Crippen LogP contribution in [0.1, 0.15) is 399 Å². The van der Waals surface area contributed by atoms with Crippen LogP contribution in [0.4, 0.5) is 0 Å². The Bertz CT molecular complexity index is 1580. The molecule has 0 radical (unpaired) electrons. The van der Waals surface area contributed by atoms with E-state index >= 15 is 0 Å². The maximum atomic E-state index is 13.1. The number of unbranched alkanes of at least 4 members (excludes halogenated alkanes) is 54. The van der Waals surface area contributed by atoms with Gasteiger partial charge in [-0.1, -0.05) is 383 Å². The van der Waals surface area contributed by atoms with Crippen LogP contribution >= 0.6 is 7.82 Å². The van der Waals surface area contributed by atoms with Crippen molar-refractivity contribution < 1.29 is 32.9 Å². The van der Waals surface area contributed by atoms with Crippen LogP contribution in [0.25, 0.3) is 0 Å². The topological polar surface area (TPSA) is 105 Å². The Labute approximate surface area is 549 Å². The predicted molar refractivity (Wildman–Crippen MR) is 387 cm³/mol. The first kappa shape index (κ1) is 86.5. The van der Waals surface area contributed by atoms with Gasteiger partial charge >= 0.3 is 7.82 Å². The molecule has 0 heterocycles. The van der Waals surface area contributed by atoms with E-state index in [1.807, 2.05) is 27.2 Å². The van der Waals surface area contributed by atoms with Gasteiger partial charge in [0, 0.05) is 6.42 Å². The van der Waals surface area contributed by atoms with Crippen LogP contribution in [-0.4, -0.2) is 73.4 Å². The second-order valence-corrected chi connectivity index (χ2v) is 29.5. The quantitative estimate of drug-likeness (QED) is 0.0243. The predicted octanol–water partition coefficient (Wildman–Crippen LogP) is 25.3. The molecule has 0 aromatic carbocycles. The first-order valence-corrected chi connectivity index (χ1v) is 40.5. The van der Waals surface area contributed by atoms with Gasteiger partial charge in [-0.25, -0.2) is 4.57 Å². The summed E-state index contributed by atoms with van der Waals surface area (Å²) in [5, 5.41) is 14.0. The number of allylic oxidation sites excluding steroid dienone is 7. The van der Waals surface area contributed by atoms with Crippen LogP contribution < -0.4 is 5.32 Å². The molecule has 1 amide bonds. The molecule has 0 aliphatic carbocycles. The third-order valence-corrected chi connectivity index (χ3v) is 19.0. The van der Waals surface area contributed by atoms with Crippen molar-refractivity contribution in [2.45, 2.75) is 411 Å². The maximum absolute atomic E-state index is 13.1. The summed E-state index contributed by atoms with van der Waals surface area (Å²) in [7, 11) is 1.59. The van der Waals surface area contributed by atoms with Crippen LogP contribution in [0.15, 0.2) is 48.6 Å². The lowest BCUT2D eigenvalue weighted by Gasteiger charge is -2.25. The zero-order valence-electron chi connectivity index (χ0n) is 59.7. The summed E-state index contributed by atoms with van der Waals surface area (Å²) in [4.78, 5) is 23.5. The van der Waals surface area contributed by atoms with E-state index in [1.54, 1.807) is 6.08 Å². The highest BCUT2D eigenvalue weighted by Crippen LogP contribution is 2.43. The molecule has 0 aromatic heterocycles. The molecule has 0 saturated carbocycles. The monoisotopic (exact) mass is 1260 g/mol. The Kier molecular flexibility index (Phi) is 68.6. The summed E-state index contributed by atoms with van der Waals surface area (Å²) in [5.41, 5.74) is 0. The Morgan fingerprint density at radius 3 is 0.943 bits per heavy atom. The molecule has 3 unspecified atom stereocenters. The highest BCUT2D eigenvalue weighted by molar-refractivity contribution is 7.47. The highest BCUT2D eigenvalue weighted by Gasteiger charge is 2.28. The second kappa shape index (κ2) is 69.8. The number of nitrogens with one attached hydrogen (secondary N) is 1. The van der Waals surface area contributed by atoms with Crippen LogP contribution in [0.2, 0.25) is 0 Å². The summed E-state index contributed by atoms with van der Waals surface area (Å²) in [5.74, 6) is -0.168. The second-order valence-electron chi connectivity index (χ2n) is 28.1. The number of carbonyl (C=O) groups is 1. The van der Waals surface area contributed by atoms with Crippen LogP contribution in [-0.2, 0) is 18.4 Å². The molecular formula is C79H154N2O6P+. The lowest BCUT2D eigenvalue weighted by Crippen LogP contribution is -2.45. The number of hydrogen-bond donors (Lipinski definition) is 3. The number of rotatable bonds is 73. The molecule has 0 fully saturated rings. The zero-order valence-corrected chi connectivity index (χ0v) is 60.6. The first-order chi connectivity index (χ1) is 43.0. The summed E-state index contributed by atoms with van der Waals surface area (Å²) in [6.45, 7) is 4.87. The largest absolute Gasteiger partial charge is 0.472 e. The van der Waals surface area contributed by atoms with Gasteiger partial charge in [-0.15, -0.1) is 0 Å². The van der Waals surface area contributed by atoms with Crippen molar-refractivity contribution in [3.8, 4) is 0 Å².